The van der Waals surface area contributed by atoms with Gasteiger partial charge in [-0.25, -0.2) is 8.78 Å². The van der Waals surface area contributed by atoms with E-state index in [9.17, 15) is 14.4 Å². The molecule has 2 aromatic heterocycles. The summed E-state index contributed by atoms with van der Waals surface area (Å²) >= 11 is 3.57. The maximum Gasteiger partial charge on any atom is 0.281 e. The Balaban J connectivity index is 0.810. The third-order valence-corrected chi connectivity index (χ3v) is 12.9. The molecule has 0 aliphatic carbocycles. The number of rotatable bonds is 6. The number of benzene rings is 3. The minimum atomic E-state index is -0.996. The second kappa shape index (κ2) is 14.2. The molecule has 6 heterocycles. The first-order chi connectivity index (χ1) is 27.0. The van der Waals surface area contributed by atoms with Crippen LogP contribution in [0.3, 0.4) is 0 Å². The van der Waals surface area contributed by atoms with Crippen molar-refractivity contribution in [3.05, 3.63) is 122 Å². The van der Waals surface area contributed by atoms with E-state index in [-0.39, 0.29) is 29.9 Å². The van der Waals surface area contributed by atoms with Crippen molar-refractivity contribution in [3.63, 3.8) is 0 Å². The fourth-order valence-electron chi connectivity index (χ4n) is 9.14. The molecule has 1 N–H and O–H groups in total. The lowest BCUT2D eigenvalue weighted by atomic mass is 9.85. The van der Waals surface area contributed by atoms with Gasteiger partial charge in [-0.15, -0.1) is 0 Å². The Morgan fingerprint density at radius 3 is 2.27 bits per heavy atom. The molecule has 4 aliphatic heterocycles. The maximum absolute atomic E-state index is 15.2. The SMILES string of the molecule is CC1(C)c2ccc(N3CCN(Cc4ccc(N5CCC(c6cc(F)c(C7CCC(=O)NC7=O)c(F)c6)CC5)cn4)CC3)cc2-n2c1nc(=O)c1c(Br)cccc12. The highest BCUT2D eigenvalue weighted by molar-refractivity contribution is 9.10. The van der Waals surface area contributed by atoms with E-state index in [2.05, 4.69) is 89.7 Å². The minimum absolute atomic E-state index is 0.00140. The van der Waals surface area contributed by atoms with Crippen molar-refractivity contribution < 1.29 is 18.4 Å². The van der Waals surface area contributed by atoms with Gasteiger partial charge in [-0.2, -0.15) is 4.98 Å². The zero-order valence-electron chi connectivity index (χ0n) is 31.3. The number of piperidine rings is 2. The summed E-state index contributed by atoms with van der Waals surface area (Å²) in [6.45, 7) is 10.0. The monoisotopic (exact) mass is 821 g/mol. The summed E-state index contributed by atoms with van der Waals surface area (Å²) in [5.74, 6) is -2.74. The molecule has 5 aromatic rings. The van der Waals surface area contributed by atoms with Crippen LogP contribution in [0.1, 0.15) is 79.6 Å². The summed E-state index contributed by atoms with van der Waals surface area (Å²) in [7, 11) is 0. The third-order valence-electron chi connectivity index (χ3n) is 12.3. The van der Waals surface area contributed by atoms with Gasteiger partial charge < -0.3 is 9.80 Å². The van der Waals surface area contributed by atoms with Crippen molar-refractivity contribution in [1.82, 2.24) is 24.8 Å². The van der Waals surface area contributed by atoms with Crippen molar-refractivity contribution in [2.24, 2.45) is 0 Å². The molecule has 4 aliphatic rings. The Hall–Kier alpha value is -5.01. The maximum atomic E-state index is 15.2. The molecule has 1 atom stereocenters. The van der Waals surface area contributed by atoms with Crippen LogP contribution in [0.15, 0.2) is 76.1 Å². The predicted octanol–water partition coefficient (Wildman–Crippen LogP) is 6.69. The number of imide groups is 1. The highest BCUT2D eigenvalue weighted by Gasteiger charge is 2.39. The Labute approximate surface area is 331 Å². The average Bonchev–Trinajstić information content (AvgIpc) is 3.41. The molecule has 0 spiro atoms. The van der Waals surface area contributed by atoms with Gasteiger partial charge in [-0.3, -0.25) is 34.2 Å². The average molecular weight is 823 g/mol. The standard InChI is InChI=1S/C43H42BrF2N7O3/c1-43(2)31-10-8-28(22-36(31)53-35-5-3-4-32(44)39(35)41(56)49-42(43)53)52-18-16-50(17-19-52)24-27-6-7-29(23-47-27)51-14-12-25(13-15-51)26-20-33(45)38(34(46)21-26)30-9-11-37(54)48-40(30)55/h3-8,10,20-23,25,30H,9,11-19,24H2,1-2H3,(H,48,54,55). The molecule has 3 saturated heterocycles. The number of carbonyl (C=O) groups is 2. The van der Waals surface area contributed by atoms with Crippen molar-refractivity contribution >= 4 is 50.0 Å². The number of nitrogens with one attached hydrogen (secondary N) is 1. The first kappa shape index (κ1) is 36.6. The van der Waals surface area contributed by atoms with E-state index in [1.54, 1.807) is 0 Å². The Bertz CT molecular complexity index is 2430. The van der Waals surface area contributed by atoms with Crippen LogP contribution < -0.4 is 20.7 Å². The highest BCUT2D eigenvalue weighted by atomic mass is 79.9. The van der Waals surface area contributed by atoms with Crippen molar-refractivity contribution in [2.45, 2.75) is 63.3 Å². The van der Waals surface area contributed by atoms with Crippen LogP contribution >= 0.6 is 15.9 Å². The molecule has 0 saturated carbocycles. The lowest BCUT2D eigenvalue weighted by molar-refractivity contribution is -0.134. The molecular formula is C43H42BrF2N7O3. The van der Waals surface area contributed by atoms with E-state index in [1.807, 2.05) is 24.4 Å². The molecule has 2 amide bonds. The minimum Gasteiger partial charge on any atom is -0.370 e. The number of halogens is 3. The summed E-state index contributed by atoms with van der Waals surface area (Å²) < 4.78 is 33.3. The van der Waals surface area contributed by atoms with E-state index in [0.29, 0.717) is 10.9 Å². The molecular weight excluding hydrogens is 780 g/mol. The molecule has 1 unspecified atom stereocenters. The molecule has 56 heavy (non-hydrogen) atoms. The van der Waals surface area contributed by atoms with Gasteiger partial charge in [0.25, 0.3) is 5.56 Å². The smallest absolute Gasteiger partial charge is 0.281 e. The van der Waals surface area contributed by atoms with Crippen molar-refractivity contribution in [3.8, 4) is 5.69 Å². The summed E-state index contributed by atoms with van der Waals surface area (Å²) in [5, 5.41) is 2.78. The first-order valence-corrected chi connectivity index (χ1v) is 20.1. The fourth-order valence-corrected chi connectivity index (χ4v) is 9.67. The number of anilines is 2. The molecule has 9 rings (SSSR count). The second-order valence-electron chi connectivity index (χ2n) is 16.0. The van der Waals surface area contributed by atoms with E-state index < -0.39 is 34.8 Å². The number of pyridine rings is 1. The van der Waals surface area contributed by atoms with Crippen LogP contribution in [-0.2, 0) is 21.5 Å². The van der Waals surface area contributed by atoms with Crippen LogP contribution in [0, 0.1) is 11.6 Å². The van der Waals surface area contributed by atoms with Crippen molar-refractivity contribution in [2.75, 3.05) is 49.1 Å². The summed E-state index contributed by atoms with van der Waals surface area (Å²) in [5.41, 5.74) is 6.00. The third kappa shape index (κ3) is 6.38. The topological polar surface area (TPSA) is 104 Å². The van der Waals surface area contributed by atoms with Gasteiger partial charge in [-0.1, -0.05) is 12.1 Å². The first-order valence-electron chi connectivity index (χ1n) is 19.3. The number of hydrogen-bond acceptors (Lipinski definition) is 8. The molecule has 288 valence electrons. The summed E-state index contributed by atoms with van der Waals surface area (Å²) in [4.78, 5) is 53.4. The van der Waals surface area contributed by atoms with Crippen LogP contribution in [0.5, 0.6) is 0 Å². The van der Waals surface area contributed by atoms with Crippen LogP contribution in [-0.4, -0.2) is 70.5 Å². The Kier molecular flexibility index (Phi) is 9.27. The number of hydrogen-bond donors (Lipinski definition) is 1. The van der Waals surface area contributed by atoms with E-state index >= 15 is 8.78 Å². The molecule has 0 radical (unpaired) electrons. The molecule has 0 bridgehead atoms. The lowest BCUT2D eigenvalue weighted by Crippen LogP contribution is -2.46. The number of nitrogens with zero attached hydrogens (tertiary/aromatic N) is 6. The van der Waals surface area contributed by atoms with Gasteiger partial charge in [0.15, 0.2) is 0 Å². The van der Waals surface area contributed by atoms with Gasteiger partial charge in [0.05, 0.1) is 45.5 Å². The quantitative estimate of drug-likeness (QED) is 0.189. The van der Waals surface area contributed by atoms with Gasteiger partial charge in [-0.05, 0) is 115 Å². The van der Waals surface area contributed by atoms with Crippen LogP contribution in [0.25, 0.3) is 16.6 Å². The van der Waals surface area contributed by atoms with E-state index in [1.165, 1.54) is 12.1 Å². The normalized spacial score (nSPS) is 20.0. The lowest BCUT2D eigenvalue weighted by Gasteiger charge is -2.36. The number of piperazine rings is 1. The van der Waals surface area contributed by atoms with Crippen molar-refractivity contribution in [1.29, 1.82) is 0 Å². The van der Waals surface area contributed by atoms with Gasteiger partial charge in [0.2, 0.25) is 11.8 Å². The number of amides is 2. The summed E-state index contributed by atoms with van der Waals surface area (Å²) in [6, 6.07) is 19.4. The Morgan fingerprint density at radius 1 is 0.857 bits per heavy atom. The zero-order valence-corrected chi connectivity index (χ0v) is 32.9. The zero-order chi connectivity index (χ0) is 38.9. The van der Waals surface area contributed by atoms with E-state index in [4.69, 9.17) is 4.98 Å². The molecule has 3 fully saturated rings. The number of carbonyl (C=O) groups excluding carboxylic acids is 2. The van der Waals surface area contributed by atoms with E-state index in [0.717, 1.165) is 103 Å². The fraction of sp³-hybridized carbons (Fsp3) is 0.372. The van der Waals surface area contributed by atoms with Gasteiger partial charge in [0, 0.05) is 68.0 Å². The largest absolute Gasteiger partial charge is 0.370 e. The number of aromatic nitrogens is 3. The van der Waals surface area contributed by atoms with Crippen LogP contribution in [0.4, 0.5) is 20.2 Å². The Morgan fingerprint density at radius 2 is 1.57 bits per heavy atom. The molecule has 10 nitrogen and oxygen atoms in total. The van der Waals surface area contributed by atoms with Gasteiger partial charge in [0.1, 0.15) is 17.5 Å². The van der Waals surface area contributed by atoms with Gasteiger partial charge >= 0.3 is 0 Å². The van der Waals surface area contributed by atoms with Crippen LogP contribution in [0.2, 0.25) is 0 Å². The predicted molar refractivity (Wildman–Crippen MR) is 215 cm³/mol. The second-order valence-corrected chi connectivity index (χ2v) is 16.8. The summed E-state index contributed by atoms with van der Waals surface area (Å²) in [6.07, 6.45) is 3.57. The molecule has 13 heteroatoms. The molecule has 3 aromatic carbocycles. The highest BCUT2D eigenvalue weighted by Crippen LogP contribution is 2.44. The number of fused-ring (bicyclic) bond motifs is 5.